The fourth-order valence-corrected chi connectivity index (χ4v) is 2.69. The molecule has 0 unspecified atom stereocenters. The summed E-state index contributed by atoms with van der Waals surface area (Å²) in [4.78, 5) is 0. The van der Waals surface area contributed by atoms with E-state index in [1.807, 2.05) is 0 Å². The average Bonchev–Trinajstić information content (AvgIpc) is 2.39. The summed E-state index contributed by atoms with van der Waals surface area (Å²) in [5.74, 6) is 0.898. The van der Waals surface area contributed by atoms with E-state index < -0.39 is 10.0 Å². The molecule has 2 aliphatic rings. The first-order chi connectivity index (χ1) is 5.00. The maximum absolute atomic E-state index is 11.0. The van der Waals surface area contributed by atoms with Gasteiger partial charge in [-0.05, 0) is 11.8 Å². The van der Waals surface area contributed by atoms with Crippen LogP contribution in [0.1, 0.15) is 0 Å². The van der Waals surface area contributed by atoms with Gasteiger partial charge in [0.2, 0.25) is 10.0 Å². The number of fused-ring (bicyclic) bond motifs is 1. The average molecular weight is 176 g/mol. The lowest BCUT2D eigenvalue weighted by Crippen LogP contribution is -2.32. The second kappa shape index (κ2) is 1.97. The number of sulfonamides is 1. The van der Waals surface area contributed by atoms with E-state index in [0.717, 1.165) is 0 Å². The molecule has 2 fully saturated rings. The van der Waals surface area contributed by atoms with Gasteiger partial charge in [0.05, 0.1) is 6.26 Å². The Morgan fingerprint density at radius 1 is 1.36 bits per heavy atom. The lowest BCUT2D eigenvalue weighted by Gasteiger charge is -2.14. The van der Waals surface area contributed by atoms with Crippen LogP contribution < -0.4 is 5.73 Å². The van der Waals surface area contributed by atoms with E-state index >= 15 is 0 Å². The first kappa shape index (κ1) is 7.52. The van der Waals surface area contributed by atoms with Crippen molar-refractivity contribution in [2.75, 3.05) is 19.3 Å². The molecule has 1 saturated heterocycles. The number of nitrogens with zero attached hydrogens (tertiary/aromatic N) is 1. The highest BCUT2D eigenvalue weighted by Gasteiger charge is 2.55. The van der Waals surface area contributed by atoms with E-state index in [4.69, 9.17) is 5.73 Å². The Bertz CT molecular complexity index is 262. The minimum Gasteiger partial charge on any atom is -0.327 e. The largest absolute Gasteiger partial charge is 0.327 e. The molecule has 0 radical (unpaired) electrons. The normalized spacial score (nSPS) is 44.0. The van der Waals surface area contributed by atoms with Crippen LogP contribution in [0.15, 0.2) is 0 Å². The van der Waals surface area contributed by atoms with Crippen LogP contribution in [-0.2, 0) is 10.0 Å². The molecular weight excluding hydrogens is 164 g/mol. The maximum Gasteiger partial charge on any atom is 0.211 e. The van der Waals surface area contributed by atoms with Crippen molar-refractivity contribution in [2.24, 2.45) is 17.6 Å². The van der Waals surface area contributed by atoms with Crippen molar-refractivity contribution in [1.82, 2.24) is 4.31 Å². The van der Waals surface area contributed by atoms with Crippen molar-refractivity contribution in [3.8, 4) is 0 Å². The van der Waals surface area contributed by atoms with Gasteiger partial charge in [-0.1, -0.05) is 0 Å². The summed E-state index contributed by atoms with van der Waals surface area (Å²) in [6, 6.07) is 0.271. The Labute approximate surface area is 66.4 Å². The molecule has 2 rings (SSSR count). The molecule has 0 amide bonds. The number of rotatable bonds is 1. The monoisotopic (exact) mass is 176 g/mol. The van der Waals surface area contributed by atoms with Gasteiger partial charge >= 0.3 is 0 Å². The van der Waals surface area contributed by atoms with E-state index in [1.54, 1.807) is 0 Å². The highest BCUT2D eigenvalue weighted by Crippen LogP contribution is 2.44. The molecule has 5 heteroatoms. The first-order valence-corrected chi connectivity index (χ1v) is 5.55. The van der Waals surface area contributed by atoms with Crippen LogP contribution >= 0.6 is 0 Å². The Balaban J connectivity index is 2.06. The van der Waals surface area contributed by atoms with Gasteiger partial charge in [0.25, 0.3) is 0 Å². The Hall–Kier alpha value is -0.130. The molecule has 0 aromatic rings. The summed E-state index contributed by atoms with van der Waals surface area (Å²) in [7, 11) is -2.95. The molecule has 1 aliphatic carbocycles. The second-order valence-corrected chi connectivity index (χ2v) is 5.47. The molecule has 0 bridgehead atoms. The Kier molecular flexibility index (Phi) is 1.34. The Morgan fingerprint density at radius 2 is 1.82 bits per heavy atom. The van der Waals surface area contributed by atoms with E-state index in [-0.39, 0.29) is 6.04 Å². The van der Waals surface area contributed by atoms with Gasteiger partial charge in [0.1, 0.15) is 0 Å². The molecular formula is C6H12N2O2S. The highest BCUT2D eigenvalue weighted by molar-refractivity contribution is 7.88. The van der Waals surface area contributed by atoms with E-state index in [1.165, 1.54) is 10.6 Å². The third-order valence-corrected chi connectivity index (χ3v) is 3.93. The first-order valence-electron chi connectivity index (χ1n) is 3.71. The van der Waals surface area contributed by atoms with Crippen molar-refractivity contribution in [1.29, 1.82) is 0 Å². The van der Waals surface area contributed by atoms with E-state index in [2.05, 4.69) is 0 Å². The second-order valence-electron chi connectivity index (χ2n) is 3.49. The van der Waals surface area contributed by atoms with E-state index in [0.29, 0.717) is 24.9 Å². The molecule has 0 spiro atoms. The van der Waals surface area contributed by atoms with Crippen LogP contribution in [0.3, 0.4) is 0 Å². The van der Waals surface area contributed by atoms with Crippen molar-refractivity contribution in [3.63, 3.8) is 0 Å². The molecule has 1 saturated carbocycles. The summed E-state index contributed by atoms with van der Waals surface area (Å²) in [6.45, 7) is 1.29. The SMILES string of the molecule is CS(=O)(=O)N1C[C@@H]2C(N)[C@H]2C1. The summed E-state index contributed by atoms with van der Waals surface area (Å²) in [5.41, 5.74) is 5.66. The van der Waals surface area contributed by atoms with Crippen molar-refractivity contribution >= 4 is 10.0 Å². The Morgan fingerprint density at radius 3 is 2.18 bits per heavy atom. The zero-order chi connectivity index (χ0) is 8.22. The summed E-state index contributed by atoms with van der Waals surface area (Å²) >= 11 is 0. The van der Waals surface area contributed by atoms with Crippen molar-refractivity contribution < 1.29 is 8.42 Å². The van der Waals surface area contributed by atoms with Crippen molar-refractivity contribution in [3.05, 3.63) is 0 Å². The van der Waals surface area contributed by atoms with Crippen LogP contribution in [0.2, 0.25) is 0 Å². The van der Waals surface area contributed by atoms with Gasteiger partial charge in [0.15, 0.2) is 0 Å². The molecule has 0 aromatic heterocycles. The van der Waals surface area contributed by atoms with Gasteiger partial charge in [-0.2, -0.15) is 0 Å². The van der Waals surface area contributed by atoms with Gasteiger partial charge < -0.3 is 5.73 Å². The highest BCUT2D eigenvalue weighted by atomic mass is 32.2. The molecule has 1 heterocycles. The van der Waals surface area contributed by atoms with Crippen molar-refractivity contribution in [2.45, 2.75) is 6.04 Å². The third kappa shape index (κ3) is 1.07. The lowest BCUT2D eigenvalue weighted by molar-refractivity contribution is 0.436. The lowest BCUT2D eigenvalue weighted by atomic mass is 10.4. The number of hydrogen-bond acceptors (Lipinski definition) is 3. The van der Waals surface area contributed by atoms with Gasteiger partial charge in [0, 0.05) is 19.1 Å². The zero-order valence-electron chi connectivity index (χ0n) is 6.40. The molecule has 11 heavy (non-hydrogen) atoms. The van der Waals surface area contributed by atoms with Gasteiger partial charge in [-0.15, -0.1) is 0 Å². The molecule has 4 nitrogen and oxygen atoms in total. The van der Waals surface area contributed by atoms with Crippen LogP contribution in [0, 0.1) is 11.8 Å². The zero-order valence-corrected chi connectivity index (χ0v) is 7.21. The molecule has 64 valence electrons. The van der Waals surface area contributed by atoms with Gasteiger partial charge in [-0.3, -0.25) is 0 Å². The summed E-state index contributed by atoms with van der Waals surface area (Å²) in [6.07, 6.45) is 1.25. The number of hydrogen-bond donors (Lipinski definition) is 1. The summed E-state index contributed by atoms with van der Waals surface area (Å²) in [5, 5.41) is 0. The quantitative estimate of drug-likeness (QED) is 0.548. The fraction of sp³-hybridized carbons (Fsp3) is 1.00. The predicted octanol–water partition coefficient (Wildman–Crippen LogP) is -1.17. The van der Waals surface area contributed by atoms with Gasteiger partial charge in [-0.25, -0.2) is 12.7 Å². The molecule has 0 aromatic carbocycles. The third-order valence-electron chi connectivity index (χ3n) is 2.70. The summed E-state index contributed by atoms with van der Waals surface area (Å²) < 4.78 is 23.5. The van der Waals surface area contributed by atoms with Crippen LogP contribution in [0.25, 0.3) is 0 Å². The maximum atomic E-state index is 11.0. The number of nitrogens with two attached hydrogens (primary N) is 1. The smallest absolute Gasteiger partial charge is 0.211 e. The predicted molar refractivity (Wildman–Crippen MR) is 41.4 cm³/mol. The fourth-order valence-electron chi connectivity index (χ4n) is 1.80. The van der Waals surface area contributed by atoms with E-state index in [9.17, 15) is 8.42 Å². The topological polar surface area (TPSA) is 63.4 Å². The van der Waals surface area contributed by atoms with Crippen LogP contribution in [0.4, 0.5) is 0 Å². The molecule has 1 aliphatic heterocycles. The standard InChI is InChI=1S/C6H12N2O2S/c1-11(9,10)8-2-4-5(3-8)6(4)7/h4-6H,2-3,7H2,1H3/t4-,5-/m0/s1. The number of piperidine rings is 1. The van der Waals surface area contributed by atoms with Crippen LogP contribution in [-0.4, -0.2) is 38.1 Å². The molecule has 2 atom stereocenters. The molecule has 2 N–H and O–H groups in total. The minimum absolute atomic E-state index is 0.271. The van der Waals surface area contributed by atoms with Crippen LogP contribution in [0.5, 0.6) is 0 Å². The minimum atomic E-state index is -2.95.